The lowest BCUT2D eigenvalue weighted by Gasteiger charge is -2.39. The highest BCUT2D eigenvalue weighted by Crippen LogP contribution is 2.33. The van der Waals surface area contributed by atoms with Crippen LogP contribution in [0.3, 0.4) is 0 Å². The van der Waals surface area contributed by atoms with Gasteiger partial charge in [-0.25, -0.2) is 0 Å². The number of rotatable bonds is 8. The molecule has 1 saturated heterocycles. The molecule has 1 fully saturated rings. The molecule has 1 heterocycles. The second-order valence-corrected chi connectivity index (χ2v) is 7.38. The maximum Gasteiger partial charge on any atom is 0.325 e. The first kappa shape index (κ1) is 24.6. The van der Waals surface area contributed by atoms with Gasteiger partial charge in [-0.15, -0.1) is 0 Å². The van der Waals surface area contributed by atoms with Crippen LogP contribution in [0.25, 0.3) is 11.1 Å². The van der Waals surface area contributed by atoms with E-state index in [0.29, 0.717) is 22.4 Å². The first-order valence-electron chi connectivity index (χ1n) is 10.5. The number of hydrogen-bond donors (Lipinski definition) is 5. The average molecular weight is 461 g/mol. The molecule has 0 unspecified atom stereocenters. The number of amides is 1. The summed E-state index contributed by atoms with van der Waals surface area (Å²) < 4.78 is 16.0. The van der Waals surface area contributed by atoms with Gasteiger partial charge in [-0.05, 0) is 30.7 Å². The van der Waals surface area contributed by atoms with Crippen molar-refractivity contribution in [3.05, 3.63) is 54.1 Å². The summed E-state index contributed by atoms with van der Waals surface area (Å²) in [5.41, 5.74) is 1.65. The number of benzene rings is 2. The number of esters is 1. The maximum absolute atomic E-state index is 12.2. The number of aliphatic hydroxyl groups excluding tert-OH is 4. The van der Waals surface area contributed by atoms with Crippen LogP contribution in [0, 0.1) is 0 Å². The van der Waals surface area contributed by atoms with Crippen LogP contribution in [0.15, 0.2) is 48.5 Å². The Morgan fingerprint density at radius 2 is 1.70 bits per heavy atom. The van der Waals surface area contributed by atoms with Gasteiger partial charge in [0.1, 0.15) is 36.7 Å². The third-order valence-corrected chi connectivity index (χ3v) is 5.14. The van der Waals surface area contributed by atoms with Gasteiger partial charge in [0.05, 0.1) is 13.2 Å². The Morgan fingerprint density at radius 3 is 2.36 bits per heavy atom. The van der Waals surface area contributed by atoms with E-state index in [0.717, 1.165) is 0 Å². The molecule has 10 nitrogen and oxygen atoms in total. The highest BCUT2D eigenvalue weighted by molar-refractivity contribution is 5.96. The summed E-state index contributed by atoms with van der Waals surface area (Å²) >= 11 is 0. The van der Waals surface area contributed by atoms with Crippen molar-refractivity contribution in [2.45, 2.75) is 37.6 Å². The minimum Gasteiger partial charge on any atom is -0.465 e. The molecule has 2 aromatic carbocycles. The van der Waals surface area contributed by atoms with Gasteiger partial charge in [-0.3, -0.25) is 9.59 Å². The highest BCUT2D eigenvalue weighted by atomic mass is 16.7. The van der Waals surface area contributed by atoms with Crippen LogP contribution in [0.1, 0.15) is 17.3 Å². The number of para-hydroxylation sites is 1. The summed E-state index contributed by atoms with van der Waals surface area (Å²) in [6.45, 7) is 1.11. The quantitative estimate of drug-likeness (QED) is 0.337. The highest BCUT2D eigenvalue weighted by Gasteiger charge is 2.44. The molecule has 178 valence electrons. The predicted molar refractivity (Wildman–Crippen MR) is 115 cm³/mol. The Kier molecular flexibility index (Phi) is 8.37. The zero-order chi connectivity index (χ0) is 24.0. The van der Waals surface area contributed by atoms with Crippen LogP contribution in [0.5, 0.6) is 5.75 Å². The molecule has 33 heavy (non-hydrogen) atoms. The van der Waals surface area contributed by atoms with Crippen LogP contribution in [-0.2, 0) is 14.3 Å². The number of aliphatic hydroxyl groups is 4. The summed E-state index contributed by atoms with van der Waals surface area (Å²) in [7, 11) is 0. The van der Waals surface area contributed by atoms with Crippen LogP contribution in [0.2, 0.25) is 0 Å². The second kappa shape index (κ2) is 11.2. The monoisotopic (exact) mass is 461 g/mol. The molecule has 0 radical (unpaired) electrons. The van der Waals surface area contributed by atoms with Crippen molar-refractivity contribution in [1.82, 2.24) is 5.32 Å². The topological polar surface area (TPSA) is 155 Å². The largest absolute Gasteiger partial charge is 0.465 e. The zero-order valence-corrected chi connectivity index (χ0v) is 18.0. The molecule has 5 N–H and O–H groups in total. The van der Waals surface area contributed by atoms with Crippen molar-refractivity contribution >= 4 is 11.9 Å². The Labute approximate surface area is 190 Å². The lowest BCUT2D eigenvalue weighted by Crippen LogP contribution is -2.60. The van der Waals surface area contributed by atoms with Crippen molar-refractivity contribution < 1.29 is 44.2 Å². The van der Waals surface area contributed by atoms with Gasteiger partial charge in [0.15, 0.2) is 0 Å². The Bertz CT molecular complexity index is 947. The van der Waals surface area contributed by atoms with Crippen LogP contribution in [-0.4, -0.2) is 82.8 Å². The van der Waals surface area contributed by atoms with Crippen LogP contribution < -0.4 is 10.1 Å². The van der Waals surface area contributed by atoms with Crippen molar-refractivity contribution in [2.75, 3.05) is 19.8 Å². The second-order valence-electron chi connectivity index (χ2n) is 7.38. The van der Waals surface area contributed by atoms with Gasteiger partial charge >= 0.3 is 5.97 Å². The van der Waals surface area contributed by atoms with Gasteiger partial charge in [-0.1, -0.05) is 30.3 Å². The van der Waals surface area contributed by atoms with Gasteiger partial charge in [-0.2, -0.15) is 0 Å². The van der Waals surface area contributed by atoms with E-state index in [-0.39, 0.29) is 13.2 Å². The van der Waals surface area contributed by atoms with Crippen LogP contribution in [0.4, 0.5) is 0 Å². The van der Waals surface area contributed by atoms with E-state index in [4.69, 9.17) is 14.2 Å². The molecule has 5 atom stereocenters. The van der Waals surface area contributed by atoms with E-state index >= 15 is 0 Å². The predicted octanol–water partition coefficient (Wildman–Crippen LogP) is -0.175. The molecular weight excluding hydrogens is 434 g/mol. The summed E-state index contributed by atoms with van der Waals surface area (Å²) in [6.07, 6.45) is -6.99. The molecule has 0 spiro atoms. The molecule has 0 saturated carbocycles. The Morgan fingerprint density at radius 1 is 1.00 bits per heavy atom. The van der Waals surface area contributed by atoms with Crippen molar-refractivity contribution in [3.8, 4) is 16.9 Å². The van der Waals surface area contributed by atoms with Gasteiger partial charge < -0.3 is 40.0 Å². The van der Waals surface area contributed by atoms with Gasteiger partial charge in [0.25, 0.3) is 5.91 Å². The molecule has 1 aliphatic rings. The normalized spacial score (nSPS) is 24.7. The van der Waals surface area contributed by atoms with Crippen molar-refractivity contribution in [2.24, 2.45) is 0 Å². The lowest BCUT2D eigenvalue weighted by molar-refractivity contribution is -0.277. The third-order valence-electron chi connectivity index (χ3n) is 5.14. The number of ether oxygens (including phenoxy) is 3. The standard InChI is InChI=1S/C23H27NO9/c1-2-31-18(26)11-24-22(30)14-9-7-13(8-10-14)15-5-3-4-6-16(15)32-23-21(29)20(28)19(27)17(12-25)33-23/h3-10,17,19-21,23,25,27-29H,2,11-12H2,1H3,(H,24,30)/t17-,19-,20+,21+,23+/m1/s1. The Balaban J connectivity index is 1.74. The zero-order valence-electron chi connectivity index (χ0n) is 18.0. The fraction of sp³-hybridized carbons (Fsp3) is 0.391. The first-order chi connectivity index (χ1) is 15.8. The average Bonchev–Trinajstić information content (AvgIpc) is 2.83. The minimum atomic E-state index is -1.56. The fourth-order valence-electron chi connectivity index (χ4n) is 3.37. The molecule has 3 rings (SSSR count). The Hall–Kier alpha value is -3.02. The molecule has 10 heteroatoms. The smallest absolute Gasteiger partial charge is 0.325 e. The SMILES string of the molecule is CCOC(=O)CNC(=O)c1ccc(-c2ccccc2O[C@H]2O[C@H](CO)[C@@H](O)[C@H](O)[C@@H]2O)cc1. The van der Waals surface area contributed by atoms with E-state index in [9.17, 15) is 30.0 Å². The molecule has 0 aromatic heterocycles. The summed E-state index contributed by atoms with van der Waals surface area (Å²) in [5.74, 6) is -0.636. The minimum absolute atomic E-state index is 0.230. The van der Waals surface area contributed by atoms with E-state index in [1.165, 1.54) is 0 Å². The van der Waals surface area contributed by atoms with E-state index < -0.39 is 49.2 Å². The number of carbonyl (C=O) groups excluding carboxylic acids is 2. The lowest BCUT2D eigenvalue weighted by atomic mass is 9.99. The fourth-order valence-corrected chi connectivity index (χ4v) is 3.37. The summed E-state index contributed by atoms with van der Waals surface area (Å²) in [5, 5.41) is 42.0. The number of nitrogens with one attached hydrogen (secondary N) is 1. The molecule has 0 aliphatic carbocycles. The van der Waals surface area contributed by atoms with Crippen LogP contribution >= 0.6 is 0 Å². The summed E-state index contributed by atoms with van der Waals surface area (Å²) in [6, 6.07) is 13.4. The van der Waals surface area contributed by atoms with Gasteiger partial charge in [0.2, 0.25) is 6.29 Å². The maximum atomic E-state index is 12.2. The third kappa shape index (κ3) is 5.86. The molecule has 1 aliphatic heterocycles. The molecular formula is C23H27NO9. The van der Waals surface area contributed by atoms with E-state index in [2.05, 4.69) is 5.32 Å². The summed E-state index contributed by atoms with van der Waals surface area (Å²) in [4.78, 5) is 23.6. The number of hydrogen-bond acceptors (Lipinski definition) is 9. The number of carbonyl (C=O) groups is 2. The molecule has 1 amide bonds. The van der Waals surface area contributed by atoms with Crippen molar-refractivity contribution in [3.63, 3.8) is 0 Å². The first-order valence-corrected chi connectivity index (χ1v) is 10.5. The molecule has 0 bridgehead atoms. The van der Waals surface area contributed by atoms with E-state index in [1.54, 1.807) is 55.5 Å². The van der Waals surface area contributed by atoms with Gasteiger partial charge in [0, 0.05) is 11.1 Å². The molecule has 2 aromatic rings. The van der Waals surface area contributed by atoms with E-state index in [1.807, 2.05) is 0 Å². The van der Waals surface area contributed by atoms with Crippen molar-refractivity contribution in [1.29, 1.82) is 0 Å².